The Labute approximate surface area is 181 Å². The number of nitrogens with one attached hydrogen (secondary N) is 2. The van der Waals surface area contributed by atoms with E-state index in [1.165, 1.54) is 4.57 Å². The summed E-state index contributed by atoms with van der Waals surface area (Å²) < 4.78 is 29.5. The van der Waals surface area contributed by atoms with Gasteiger partial charge in [-0.3, -0.25) is 4.79 Å². The molecule has 7 nitrogen and oxygen atoms in total. The van der Waals surface area contributed by atoms with Gasteiger partial charge in [0.2, 0.25) is 0 Å². The lowest BCUT2D eigenvalue weighted by molar-refractivity contribution is 0.0668. The van der Waals surface area contributed by atoms with Crippen molar-refractivity contribution in [3.05, 3.63) is 47.0 Å². The maximum absolute atomic E-state index is 13.1. The molecule has 3 N–H and O–H groups in total. The molecule has 0 radical (unpaired) electrons. The van der Waals surface area contributed by atoms with Crippen molar-refractivity contribution in [1.82, 2.24) is 9.55 Å². The molecule has 2 fully saturated rings. The van der Waals surface area contributed by atoms with Gasteiger partial charge in [-0.05, 0) is 62.8 Å². The fourth-order valence-electron chi connectivity index (χ4n) is 4.43. The zero-order valence-electron chi connectivity index (χ0n) is 17.5. The van der Waals surface area contributed by atoms with Gasteiger partial charge in [0.05, 0.1) is 21.9 Å². The molecule has 0 spiro atoms. The van der Waals surface area contributed by atoms with E-state index in [2.05, 4.69) is 4.98 Å². The minimum Gasteiger partial charge on any atom is -0.490 e. The summed E-state index contributed by atoms with van der Waals surface area (Å²) in [5.74, 6) is 0.650. The second-order valence-corrected chi connectivity index (χ2v) is 11.1. The number of aromatic nitrogens is 2. The molecule has 0 aliphatic heterocycles. The maximum Gasteiger partial charge on any atom is 0.274 e. The molecule has 8 heteroatoms. The lowest BCUT2D eigenvalue weighted by Crippen LogP contribution is -2.26. The van der Waals surface area contributed by atoms with E-state index >= 15 is 0 Å². The van der Waals surface area contributed by atoms with Crippen LogP contribution in [0, 0.1) is 4.78 Å². The van der Waals surface area contributed by atoms with Crippen molar-refractivity contribution in [3.8, 4) is 16.9 Å². The molecule has 2 aromatic heterocycles. The van der Waals surface area contributed by atoms with Crippen molar-refractivity contribution in [2.24, 2.45) is 7.05 Å². The number of ether oxygens (including phenoxy) is 1. The third-order valence-electron chi connectivity index (χ3n) is 6.42. The van der Waals surface area contributed by atoms with Crippen molar-refractivity contribution in [2.45, 2.75) is 60.9 Å². The standard InChI is InChI=1S/C23H27N3O4S/c1-26-13-20(18-10-11-25-22(18)23(26)28)19-12-17(31(24,29)16-6-7-16)8-9-21(19)30-15-4-2-14(27)3-5-15/h8-16,24-25,27H,2-7H2,1H3/t14-,15+,31?. The first-order chi connectivity index (χ1) is 14.8. The van der Waals surface area contributed by atoms with Crippen LogP contribution in [-0.2, 0) is 16.8 Å². The number of hydrogen-bond donors (Lipinski definition) is 3. The summed E-state index contributed by atoms with van der Waals surface area (Å²) in [6.45, 7) is 0. The Hall–Kier alpha value is -2.58. The van der Waals surface area contributed by atoms with E-state index in [0.717, 1.165) is 42.2 Å². The third kappa shape index (κ3) is 3.68. The van der Waals surface area contributed by atoms with Crippen LogP contribution in [0.3, 0.4) is 0 Å². The lowest BCUT2D eigenvalue weighted by atomic mass is 9.95. The van der Waals surface area contributed by atoms with Crippen LogP contribution in [0.25, 0.3) is 22.0 Å². The van der Waals surface area contributed by atoms with Crippen LogP contribution in [0.2, 0.25) is 0 Å². The molecule has 5 rings (SSSR count). The van der Waals surface area contributed by atoms with E-state index in [-0.39, 0.29) is 23.0 Å². The topological polar surface area (TPSA) is 108 Å². The highest BCUT2D eigenvalue weighted by atomic mass is 32.2. The molecule has 0 bridgehead atoms. The number of rotatable bonds is 5. The first-order valence-corrected chi connectivity index (χ1v) is 12.4. The van der Waals surface area contributed by atoms with Gasteiger partial charge in [-0.1, -0.05) is 0 Å². The SMILES string of the molecule is Cn1cc(-c2cc(S(=N)(=O)C3CC3)ccc2O[C@H]2CC[C@@H](O)CC2)c2cc[nH]c2c1=O. The van der Waals surface area contributed by atoms with Gasteiger partial charge in [0, 0.05) is 46.1 Å². The summed E-state index contributed by atoms with van der Waals surface area (Å²) in [7, 11) is -1.17. The highest BCUT2D eigenvalue weighted by Gasteiger charge is 2.34. The first kappa shape index (κ1) is 20.3. The number of aryl methyl sites for hydroxylation is 1. The normalized spacial score (nSPS) is 23.5. The maximum atomic E-state index is 13.1. The minimum atomic E-state index is -2.88. The molecule has 2 aliphatic carbocycles. The zero-order chi connectivity index (χ0) is 21.8. The highest BCUT2D eigenvalue weighted by molar-refractivity contribution is 7.93. The molecule has 31 heavy (non-hydrogen) atoms. The number of benzene rings is 1. The molecule has 3 aromatic rings. The average molecular weight is 442 g/mol. The minimum absolute atomic E-state index is 0.00830. The summed E-state index contributed by atoms with van der Waals surface area (Å²) in [6, 6.07) is 7.24. The number of fused-ring (bicyclic) bond motifs is 1. The molecular weight excluding hydrogens is 414 g/mol. The Kier molecular flexibility index (Phi) is 4.94. The molecule has 2 heterocycles. The molecule has 2 aliphatic rings. The van der Waals surface area contributed by atoms with Gasteiger partial charge in [0.15, 0.2) is 0 Å². The number of pyridine rings is 1. The molecule has 0 amide bonds. The van der Waals surface area contributed by atoms with Crippen LogP contribution in [-0.4, -0.2) is 36.3 Å². The molecule has 0 saturated heterocycles. The summed E-state index contributed by atoms with van der Waals surface area (Å²) in [4.78, 5) is 16.1. The molecule has 1 aromatic carbocycles. The lowest BCUT2D eigenvalue weighted by Gasteiger charge is -2.27. The number of hydrogen-bond acceptors (Lipinski definition) is 5. The Bertz CT molecular complexity index is 1300. The zero-order valence-corrected chi connectivity index (χ0v) is 18.3. The van der Waals surface area contributed by atoms with Gasteiger partial charge >= 0.3 is 0 Å². The van der Waals surface area contributed by atoms with Crippen LogP contribution in [0.1, 0.15) is 38.5 Å². The number of aliphatic hydroxyl groups excluding tert-OH is 1. The molecule has 164 valence electrons. The third-order valence-corrected chi connectivity index (χ3v) is 8.78. The van der Waals surface area contributed by atoms with Crippen molar-refractivity contribution < 1.29 is 14.1 Å². The number of aromatic amines is 1. The van der Waals surface area contributed by atoms with Crippen LogP contribution in [0.4, 0.5) is 0 Å². The van der Waals surface area contributed by atoms with Gasteiger partial charge in [0.1, 0.15) is 11.3 Å². The molecule has 1 unspecified atom stereocenters. The smallest absolute Gasteiger partial charge is 0.274 e. The molecule has 2 saturated carbocycles. The predicted octanol–water partition coefficient (Wildman–Crippen LogP) is 3.78. The predicted molar refractivity (Wildman–Crippen MR) is 120 cm³/mol. The van der Waals surface area contributed by atoms with Gasteiger partial charge < -0.3 is 19.4 Å². The summed E-state index contributed by atoms with van der Waals surface area (Å²) >= 11 is 0. The fourth-order valence-corrected chi connectivity index (χ4v) is 6.18. The number of H-pyrrole nitrogens is 1. The Morgan fingerprint density at radius 1 is 1.13 bits per heavy atom. The van der Waals surface area contributed by atoms with Crippen LogP contribution in [0.15, 0.2) is 46.3 Å². The summed E-state index contributed by atoms with van der Waals surface area (Å²) in [5.41, 5.74) is 1.93. The average Bonchev–Trinajstić information content (AvgIpc) is 3.51. The monoisotopic (exact) mass is 441 g/mol. The van der Waals surface area contributed by atoms with Crippen molar-refractivity contribution >= 4 is 20.6 Å². The van der Waals surface area contributed by atoms with E-state index in [9.17, 15) is 14.1 Å². The van der Waals surface area contributed by atoms with Crippen molar-refractivity contribution in [1.29, 1.82) is 4.78 Å². The van der Waals surface area contributed by atoms with Crippen LogP contribution in [0.5, 0.6) is 5.75 Å². The highest BCUT2D eigenvalue weighted by Crippen LogP contribution is 2.40. The quantitative estimate of drug-likeness (QED) is 0.560. The summed E-state index contributed by atoms with van der Waals surface area (Å²) in [6.07, 6.45) is 7.84. The Morgan fingerprint density at radius 3 is 2.58 bits per heavy atom. The van der Waals surface area contributed by atoms with E-state index in [0.29, 0.717) is 29.0 Å². The van der Waals surface area contributed by atoms with Crippen LogP contribution < -0.4 is 10.3 Å². The second kappa shape index (κ2) is 7.53. The number of aliphatic hydroxyl groups is 1. The first-order valence-electron chi connectivity index (χ1n) is 10.8. The van der Waals surface area contributed by atoms with Gasteiger partial charge in [-0.25, -0.2) is 8.99 Å². The van der Waals surface area contributed by atoms with Crippen molar-refractivity contribution in [2.75, 3.05) is 0 Å². The van der Waals surface area contributed by atoms with Gasteiger partial charge in [-0.15, -0.1) is 0 Å². The number of nitrogens with zero attached hydrogens (tertiary/aromatic N) is 1. The van der Waals surface area contributed by atoms with E-state index in [1.807, 2.05) is 18.2 Å². The Morgan fingerprint density at radius 2 is 1.87 bits per heavy atom. The largest absolute Gasteiger partial charge is 0.490 e. The van der Waals surface area contributed by atoms with E-state index < -0.39 is 9.73 Å². The summed E-state index contributed by atoms with van der Waals surface area (Å²) in [5, 5.41) is 10.5. The Balaban J connectivity index is 1.65. The second-order valence-electron chi connectivity index (χ2n) is 8.73. The van der Waals surface area contributed by atoms with E-state index in [4.69, 9.17) is 9.52 Å². The molecular formula is C23H27N3O4S. The van der Waals surface area contributed by atoms with Gasteiger partial charge in [0.25, 0.3) is 5.56 Å². The van der Waals surface area contributed by atoms with E-state index in [1.54, 1.807) is 25.5 Å². The van der Waals surface area contributed by atoms with Crippen LogP contribution >= 0.6 is 0 Å². The van der Waals surface area contributed by atoms with Gasteiger partial charge in [-0.2, -0.15) is 0 Å². The fraction of sp³-hybridized carbons (Fsp3) is 0.435. The van der Waals surface area contributed by atoms with Crippen molar-refractivity contribution in [3.63, 3.8) is 0 Å². The molecule has 1 atom stereocenters.